The minimum atomic E-state index is 1.02. The standard InChI is InChI=1S/C16H8N2S2/c1(11-3-5-13-15(7-11)19-9-17-13)2-12-4-6-14-16(8-12)20-10-18-14/h3-10H. The first kappa shape index (κ1) is 11.6. The van der Waals surface area contributed by atoms with Crippen LogP contribution in [0.15, 0.2) is 47.4 Å². The molecule has 2 aromatic heterocycles. The van der Waals surface area contributed by atoms with E-state index in [1.54, 1.807) is 22.7 Å². The van der Waals surface area contributed by atoms with Crippen LogP contribution in [0.4, 0.5) is 0 Å². The molecule has 20 heavy (non-hydrogen) atoms. The van der Waals surface area contributed by atoms with Gasteiger partial charge in [0.15, 0.2) is 0 Å². The molecule has 2 nitrogen and oxygen atoms in total. The first-order valence-electron chi connectivity index (χ1n) is 6.07. The van der Waals surface area contributed by atoms with Gasteiger partial charge in [-0.2, -0.15) is 0 Å². The number of aromatic nitrogens is 2. The zero-order valence-corrected chi connectivity index (χ0v) is 12.0. The van der Waals surface area contributed by atoms with Gasteiger partial charge < -0.3 is 0 Å². The number of hydrogen-bond acceptors (Lipinski definition) is 4. The average molecular weight is 292 g/mol. The van der Waals surface area contributed by atoms with Gasteiger partial charge in [-0.1, -0.05) is 11.8 Å². The topological polar surface area (TPSA) is 25.8 Å². The first-order chi connectivity index (χ1) is 9.88. The molecule has 2 heterocycles. The second kappa shape index (κ2) is 4.71. The van der Waals surface area contributed by atoms with E-state index in [0.29, 0.717) is 0 Å². The zero-order valence-electron chi connectivity index (χ0n) is 10.3. The largest absolute Gasteiger partial charge is 0.245 e. The van der Waals surface area contributed by atoms with Crippen LogP contribution in [-0.2, 0) is 0 Å². The Hall–Kier alpha value is -2.22. The molecule has 0 radical (unpaired) electrons. The number of thiazole rings is 2. The highest BCUT2D eigenvalue weighted by molar-refractivity contribution is 7.17. The fourth-order valence-corrected chi connectivity index (χ4v) is 3.44. The summed E-state index contributed by atoms with van der Waals surface area (Å²) in [5.74, 6) is 6.43. The van der Waals surface area contributed by atoms with Crippen molar-refractivity contribution >= 4 is 43.1 Å². The van der Waals surface area contributed by atoms with Crippen LogP contribution in [0.1, 0.15) is 11.1 Å². The van der Waals surface area contributed by atoms with Gasteiger partial charge in [0.2, 0.25) is 0 Å². The van der Waals surface area contributed by atoms with Gasteiger partial charge in [0.25, 0.3) is 0 Å². The lowest BCUT2D eigenvalue weighted by Gasteiger charge is -1.92. The van der Waals surface area contributed by atoms with Crippen LogP contribution in [0.5, 0.6) is 0 Å². The Balaban J connectivity index is 1.73. The van der Waals surface area contributed by atoms with Crippen molar-refractivity contribution < 1.29 is 0 Å². The minimum Gasteiger partial charge on any atom is -0.245 e. The Morgan fingerprint density at radius 2 is 1.20 bits per heavy atom. The van der Waals surface area contributed by atoms with Crippen LogP contribution in [0.25, 0.3) is 20.4 Å². The van der Waals surface area contributed by atoms with Crippen molar-refractivity contribution in [2.24, 2.45) is 0 Å². The maximum absolute atomic E-state index is 4.27. The summed E-state index contributed by atoms with van der Waals surface area (Å²) in [6.45, 7) is 0. The maximum Gasteiger partial charge on any atom is 0.0812 e. The first-order valence-corrected chi connectivity index (χ1v) is 7.83. The molecule has 0 saturated carbocycles. The SMILES string of the molecule is C(#Cc1ccc2ncsc2c1)c1ccc2ncsc2c1. The van der Waals surface area contributed by atoms with E-state index in [-0.39, 0.29) is 0 Å². The number of fused-ring (bicyclic) bond motifs is 2. The fourth-order valence-electron chi connectivity index (χ4n) is 2.01. The summed E-state index contributed by atoms with van der Waals surface area (Å²) in [5, 5.41) is 0. The molecule has 0 aliphatic carbocycles. The highest BCUT2D eigenvalue weighted by Gasteiger charge is 1.98. The summed E-state index contributed by atoms with van der Waals surface area (Å²) in [7, 11) is 0. The van der Waals surface area contributed by atoms with Crippen molar-refractivity contribution in [1.29, 1.82) is 0 Å². The number of nitrogens with zero attached hydrogens (tertiary/aromatic N) is 2. The minimum absolute atomic E-state index is 1.02. The molecule has 0 unspecified atom stereocenters. The van der Waals surface area contributed by atoms with E-state index in [4.69, 9.17) is 0 Å². The molecule has 4 aromatic rings. The second-order valence-corrected chi connectivity index (χ2v) is 6.09. The van der Waals surface area contributed by atoms with Crippen LogP contribution in [0.3, 0.4) is 0 Å². The third kappa shape index (κ3) is 2.07. The van der Waals surface area contributed by atoms with E-state index in [2.05, 4.69) is 33.9 Å². The Bertz CT molecular complexity index is 892. The lowest BCUT2D eigenvalue weighted by Crippen LogP contribution is -1.76. The summed E-state index contributed by atoms with van der Waals surface area (Å²) in [6, 6.07) is 12.2. The monoisotopic (exact) mass is 292 g/mol. The maximum atomic E-state index is 4.27. The molecule has 0 fully saturated rings. The predicted octanol–water partition coefficient (Wildman–Crippen LogP) is 4.31. The van der Waals surface area contributed by atoms with Crippen LogP contribution in [0.2, 0.25) is 0 Å². The van der Waals surface area contributed by atoms with Crippen molar-refractivity contribution in [3.8, 4) is 11.8 Å². The quantitative estimate of drug-likeness (QED) is 0.451. The molecule has 0 N–H and O–H groups in total. The van der Waals surface area contributed by atoms with E-state index in [1.807, 2.05) is 35.3 Å². The molecule has 0 amide bonds. The molecular formula is C16H8N2S2. The van der Waals surface area contributed by atoms with Crippen LogP contribution in [-0.4, -0.2) is 9.97 Å². The van der Waals surface area contributed by atoms with E-state index in [9.17, 15) is 0 Å². The summed E-state index contributed by atoms with van der Waals surface area (Å²) >= 11 is 3.28. The van der Waals surface area contributed by atoms with E-state index < -0.39 is 0 Å². The second-order valence-electron chi connectivity index (χ2n) is 4.32. The summed E-state index contributed by atoms with van der Waals surface area (Å²) in [4.78, 5) is 8.54. The predicted molar refractivity (Wildman–Crippen MR) is 85.2 cm³/mol. The van der Waals surface area contributed by atoms with Gasteiger partial charge in [-0.3, -0.25) is 0 Å². The zero-order chi connectivity index (χ0) is 13.4. The molecule has 0 saturated heterocycles. The van der Waals surface area contributed by atoms with Gasteiger partial charge in [-0.05, 0) is 36.4 Å². The number of rotatable bonds is 0. The van der Waals surface area contributed by atoms with Crippen LogP contribution >= 0.6 is 22.7 Å². The smallest absolute Gasteiger partial charge is 0.0812 e. The van der Waals surface area contributed by atoms with E-state index in [0.717, 1.165) is 22.2 Å². The lowest BCUT2D eigenvalue weighted by atomic mass is 10.1. The molecule has 0 bridgehead atoms. The number of benzene rings is 2. The van der Waals surface area contributed by atoms with Crippen molar-refractivity contribution in [3.05, 3.63) is 58.5 Å². The Kier molecular flexibility index (Phi) is 2.73. The summed E-state index contributed by atoms with van der Waals surface area (Å²) < 4.78 is 2.35. The molecule has 2 aromatic carbocycles. The van der Waals surface area contributed by atoms with Gasteiger partial charge in [0, 0.05) is 11.1 Å². The van der Waals surface area contributed by atoms with Gasteiger partial charge >= 0.3 is 0 Å². The van der Waals surface area contributed by atoms with Gasteiger partial charge in [-0.15, -0.1) is 22.7 Å². The summed E-state index contributed by atoms with van der Waals surface area (Å²) in [6.07, 6.45) is 0. The highest BCUT2D eigenvalue weighted by atomic mass is 32.1. The van der Waals surface area contributed by atoms with Crippen LogP contribution < -0.4 is 0 Å². The lowest BCUT2D eigenvalue weighted by molar-refractivity contribution is 1.49. The van der Waals surface area contributed by atoms with Crippen molar-refractivity contribution in [2.45, 2.75) is 0 Å². The molecule has 0 aliphatic rings. The Labute approximate surface area is 123 Å². The van der Waals surface area contributed by atoms with Gasteiger partial charge in [0.1, 0.15) is 0 Å². The normalized spacial score (nSPS) is 10.6. The molecule has 4 rings (SSSR count). The third-order valence-electron chi connectivity index (χ3n) is 3.01. The van der Waals surface area contributed by atoms with Crippen molar-refractivity contribution in [1.82, 2.24) is 9.97 Å². The molecule has 0 aliphatic heterocycles. The van der Waals surface area contributed by atoms with E-state index in [1.165, 1.54) is 9.40 Å². The fraction of sp³-hybridized carbons (Fsp3) is 0. The average Bonchev–Trinajstić information content (AvgIpc) is 3.12. The van der Waals surface area contributed by atoms with Crippen molar-refractivity contribution in [2.75, 3.05) is 0 Å². The number of hydrogen-bond donors (Lipinski definition) is 0. The van der Waals surface area contributed by atoms with Gasteiger partial charge in [0.05, 0.1) is 31.5 Å². The van der Waals surface area contributed by atoms with Crippen LogP contribution in [0, 0.1) is 11.8 Å². The van der Waals surface area contributed by atoms with Gasteiger partial charge in [-0.25, -0.2) is 9.97 Å². The molecule has 4 heteroatoms. The van der Waals surface area contributed by atoms with Crippen molar-refractivity contribution in [3.63, 3.8) is 0 Å². The molecule has 0 atom stereocenters. The Morgan fingerprint density at radius 3 is 1.70 bits per heavy atom. The van der Waals surface area contributed by atoms with E-state index >= 15 is 0 Å². The highest BCUT2D eigenvalue weighted by Crippen LogP contribution is 2.20. The summed E-state index contributed by atoms with van der Waals surface area (Å²) in [5.41, 5.74) is 7.83. The third-order valence-corrected chi connectivity index (χ3v) is 4.60. The molecule has 94 valence electrons. The molecule has 0 spiro atoms. The Morgan fingerprint density at radius 1 is 0.700 bits per heavy atom. The molecular weight excluding hydrogens is 284 g/mol.